The van der Waals surface area contributed by atoms with Gasteiger partial charge in [-0.1, -0.05) is 15.9 Å². The van der Waals surface area contributed by atoms with Crippen LogP contribution in [0.3, 0.4) is 0 Å². The molecule has 0 aliphatic rings. The molecule has 0 spiro atoms. The largest absolute Gasteiger partial charge is 0.507 e. The number of hydrogen-bond donors (Lipinski definition) is 2. The van der Waals surface area contributed by atoms with Gasteiger partial charge in [-0.25, -0.2) is 4.98 Å². The van der Waals surface area contributed by atoms with Crippen LogP contribution < -0.4 is 5.32 Å². The highest BCUT2D eigenvalue weighted by molar-refractivity contribution is 9.10. The van der Waals surface area contributed by atoms with Crippen LogP contribution in [0.25, 0.3) is 0 Å². The van der Waals surface area contributed by atoms with E-state index in [1.807, 2.05) is 19.2 Å². The van der Waals surface area contributed by atoms with Gasteiger partial charge >= 0.3 is 0 Å². The lowest BCUT2D eigenvalue weighted by atomic mass is 10.2. The fourth-order valence-corrected chi connectivity index (χ4v) is 2.76. The summed E-state index contributed by atoms with van der Waals surface area (Å²) >= 11 is 4.74. The van der Waals surface area contributed by atoms with E-state index < -0.39 is 0 Å². The number of aryl methyl sites for hydroxylation is 1. The van der Waals surface area contributed by atoms with E-state index >= 15 is 0 Å². The summed E-state index contributed by atoms with van der Waals surface area (Å²) in [6, 6.07) is 4.60. The van der Waals surface area contributed by atoms with Gasteiger partial charge in [0.1, 0.15) is 10.8 Å². The third-order valence-corrected chi connectivity index (χ3v) is 4.20. The van der Waals surface area contributed by atoms with Crippen molar-refractivity contribution >= 4 is 33.2 Å². The summed E-state index contributed by atoms with van der Waals surface area (Å²) in [5.74, 6) is -0.361. The number of carbonyl (C=O) groups excluding carboxylic acids is 1. The van der Waals surface area contributed by atoms with Crippen LogP contribution >= 0.6 is 27.3 Å². The zero-order valence-electron chi connectivity index (χ0n) is 10.5. The van der Waals surface area contributed by atoms with Crippen LogP contribution in [0.15, 0.2) is 28.1 Å². The number of nitrogens with one attached hydrogen (secondary N) is 1. The average molecular weight is 341 g/mol. The number of aromatic hydroxyl groups is 1. The summed E-state index contributed by atoms with van der Waals surface area (Å²) in [5.41, 5.74) is 1.19. The molecule has 0 bridgehead atoms. The Morgan fingerprint density at radius 2 is 2.26 bits per heavy atom. The van der Waals surface area contributed by atoms with Gasteiger partial charge in [-0.15, -0.1) is 11.3 Å². The summed E-state index contributed by atoms with van der Waals surface area (Å²) in [6.07, 6.45) is 0. The zero-order valence-corrected chi connectivity index (χ0v) is 12.9. The van der Waals surface area contributed by atoms with E-state index in [2.05, 4.69) is 26.2 Å². The van der Waals surface area contributed by atoms with Gasteiger partial charge in [0.05, 0.1) is 11.6 Å². The first-order chi connectivity index (χ1) is 8.97. The lowest BCUT2D eigenvalue weighted by Crippen LogP contribution is -2.26. The van der Waals surface area contributed by atoms with Gasteiger partial charge in [0.2, 0.25) is 0 Å². The number of halogens is 1. The predicted molar refractivity (Wildman–Crippen MR) is 78.5 cm³/mol. The second-order valence-corrected chi connectivity index (χ2v) is 5.99. The molecule has 100 valence electrons. The molecule has 1 aromatic heterocycles. The number of phenols is 1. The number of benzene rings is 1. The number of phenolic OH excluding ortho intramolecular Hbond substituents is 1. The van der Waals surface area contributed by atoms with Crippen molar-refractivity contribution in [1.29, 1.82) is 0 Å². The summed E-state index contributed by atoms with van der Waals surface area (Å²) in [4.78, 5) is 16.4. The smallest absolute Gasteiger partial charge is 0.255 e. The Kier molecular flexibility index (Phi) is 4.21. The van der Waals surface area contributed by atoms with E-state index in [-0.39, 0.29) is 23.3 Å². The maximum atomic E-state index is 12.1. The molecule has 0 aliphatic carbocycles. The minimum absolute atomic E-state index is 0.0469. The number of amides is 1. The van der Waals surface area contributed by atoms with Crippen molar-refractivity contribution in [2.45, 2.75) is 19.9 Å². The molecular formula is C13H13BrN2O2S. The van der Waals surface area contributed by atoms with E-state index in [4.69, 9.17) is 0 Å². The van der Waals surface area contributed by atoms with Gasteiger partial charge in [-0.3, -0.25) is 4.79 Å². The van der Waals surface area contributed by atoms with E-state index in [1.54, 1.807) is 12.1 Å². The molecule has 1 heterocycles. The molecule has 0 saturated heterocycles. The topological polar surface area (TPSA) is 62.2 Å². The Labute approximate surface area is 123 Å². The minimum atomic E-state index is -0.314. The number of thiazole rings is 1. The van der Waals surface area contributed by atoms with Gasteiger partial charge < -0.3 is 10.4 Å². The van der Waals surface area contributed by atoms with Crippen molar-refractivity contribution in [1.82, 2.24) is 10.3 Å². The molecule has 0 saturated carbocycles. The van der Waals surface area contributed by atoms with Gasteiger partial charge in [0.15, 0.2) is 0 Å². The SMILES string of the molecule is Cc1csc(C(C)NC(=O)c2ccc(Br)cc2O)n1. The van der Waals surface area contributed by atoms with Crippen molar-refractivity contribution in [3.8, 4) is 5.75 Å². The Hall–Kier alpha value is -1.40. The van der Waals surface area contributed by atoms with Crippen LogP contribution in [-0.2, 0) is 0 Å². The van der Waals surface area contributed by atoms with E-state index in [1.165, 1.54) is 17.4 Å². The Morgan fingerprint density at radius 1 is 1.53 bits per heavy atom. The van der Waals surface area contributed by atoms with Crippen molar-refractivity contribution in [3.63, 3.8) is 0 Å². The maximum absolute atomic E-state index is 12.1. The molecule has 0 aliphatic heterocycles. The first kappa shape index (κ1) is 14.0. The van der Waals surface area contributed by atoms with Crippen LogP contribution in [0, 0.1) is 6.92 Å². The second kappa shape index (κ2) is 5.71. The van der Waals surface area contributed by atoms with Gasteiger partial charge in [0.25, 0.3) is 5.91 Å². The highest BCUT2D eigenvalue weighted by Gasteiger charge is 2.16. The molecule has 2 N–H and O–H groups in total. The van der Waals surface area contributed by atoms with Gasteiger partial charge in [-0.2, -0.15) is 0 Å². The quantitative estimate of drug-likeness (QED) is 0.899. The number of aromatic nitrogens is 1. The predicted octanol–water partition coefficient (Wildman–Crippen LogP) is 3.41. The Bertz CT molecular complexity index is 612. The number of carbonyl (C=O) groups is 1. The molecule has 2 aromatic rings. The third kappa shape index (κ3) is 3.33. The van der Waals surface area contributed by atoms with Crippen LogP contribution in [-0.4, -0.2) is 16.0 Å². The Balaban J connectivity index is 2.12. The lowest BCUT2D eigenvalue weighted by molar-refractivity contribution is 0.0937. The molecular weight excluding hydrogens is 328 g/mol. The summed E-state index contributed by atoms with van der Waals surface area (Å²) in [6.45, 7) is 3.78. The Morgan fingerprint density at radius 3 is 2.84 bits per heavy atom. The van der Waals surface area contributed by atoms with Crippen LogP contribution in [0.2, 0.25) is 0 Å². The molecule has 0 radical (unpaired) electrons. The number of hydrogen-bond acceptors (Lipinski definition) is 4. The first-order valence-corrected chi connectivity index (χ1v) is 7.36. The molecule has 6 heteroatoms. The lowest BCUT2D eigenvalue weighted by Gasteiger charge is -2.12. The molecule has 1 aromatic carbocycles. The highest BCUT2D eigenvalue weighted by atomic mass is 79.9. The molecule has 1 amide bonds. The van der Waals surface area contributed by atoms with Crippen molar-refractivity contribution < 1.29 is 9.90 Å². The molecule has 19 heavy (non-hydrogen) atoms. The highest BCUT2D eigenvalue weighted by Crippen LogP contribution is 2.23. The summed E-state index contributed by atoms with van der Waals surface area (Å²) < 4.78 is 0.727. The maximum Gasteiger partial charge on any atom is 0.255 e. The van der Waals surface area contributed by atoms with Crippen molar-refractivity contribution in [2.24, 2.45) is 0 Å². The van der Waals surface area contributed by atoms with Crippen LogP contribution in [0.1, 0.15) is 34.0 Å². The molecule has 4 nitrogen and oxygen atoms in total. The normalized spacial score (nSPS) is 12.2. The standard InChI is InChI=1S/C13H13BrN2O2S/c1-7-6-19-13(15-7)8(2)16-12(18)10-4-3-9(14)5-11(10)17/h3-6,8,17H,1-2H3,(H,16,18). The third-order valence-electron chi connectivity index (χ3n) is 2.56. The fraction of sp³-hybridized carbons (Fsp3) is 0.231. The first-order valence-electron chi connectivity index (χ1n) is 5.69. The van der Waals surface area contributed by atoms with E-state index in [9.17, 15) is 9.90 Å². The van der Waals surface area contributed by atoms with E-state index in [0.29, 0.717) is 0 Å². The fourth-order valence-electron chi connectivity index (χ4n) is 1.60. The van der Waals surface area contributed by atoms with Crippen molar-refractivity contribution in [2.75, 3.05) is 0 Å². The van der Waals surface area contributed by atoms with Gasteiger partial charge in [-0.05, 0) is 32.0 Å². The van der Waals surface area contributed by atoms with Crippen LogP contribution in [0.5, 0.6) is 5.75 Å². The summed E-state index contributed by atoms with van der Waals surface area (Å²) in [5, 5.41) is 15.4. The second-order valence-electron chi connectivity index (χ2n) is 4.18. The van der Waals surface area contributed by atoms with E-state index in [0.717, 1.165) is 15.2 Å². The zero-order chi connectivity index (χ0) is 14.0. The number of nitrogens with zero attached hydrogens (tertiary/aromatic N) is 1. The molecule has 2 rings (SSSR count). The molecule has 0 fully saturated rings. The number of rotatable bonds is 3. The van der Waals surface area contributed by atoms with Crippen molar-refractivity contribution in [3.05, 3.63) is 44.3 Å². The van der Waals surface area contributed by atoms with Gasteiger partial charge in [0, 0.05) is 15.5 Å². The average Bonchev–Trinajstić information content (AvgIpc) is 2.75. The van der Waals surface area contributed by atoms with Crippen LogP contribution in [0.4, 0.5) is 0 Å². The summed E-state index contributed by atoms with van der Waals surface area (Å²) in [7, 11) is 0. The molecule has 1 unspecified atom stereocenters. The monoisotopic (exact) mass is 340 g/mol. The minimum Gasteiger partial charge on any atom is -0.507 e. The molecule has 1 atom stereocenters.